The Balaban J connectivity index is 1.59. The Hall–Kier alpha value is -2.34. The molecule has 0 saturated heterocycles. The molecule has 3 aromatic heterocycles. The topological polar surface area (TPSA) is 53.9 Å². The van der Waals surface area contributed by atoms with E-state index in [0.29, 0.717) is 5.69 Å². The summed E-state index contributed by atoms with van der Waals surface area (Å²) in [4.78, 5) is 22.4. The lowest BCUT2D eigenvalue weighted by atomic mass is 10.1. The molecule has 0 radical (unpaired) electrons. The molecule has 0 spiro atoms. The van der Waals surface area contributed by atoms with Gasteiger partial charge in [0.25, 0.3) is 5.91 Å². The number of nitrogens with one attached hydrogen (secondary N) is 1. The number of amides is 1. The molecule has 118 valence electrons. The summed E-state index contributed by atoms with van der Waals surface area (Å²) in [6, 6.07) is 6.11. The molecule has 1 aliphatic rings. The highest BCUT2D eigenvalue weighted by atomic mass is 32.1. The summed E-state index contributed by atoms with van der Waals surface area (Å²) in [6.45, 7) is 5.64. The second-order valence-corrected chi connectivity index (χ2v) is 6.92. The van der Waals surface area contributed by atoms with Crippen LogP contribution in [0.1, 0.15) is 34.2 Å². The first kappa shape index (κ1) is 14.3. The average molecular weight is 326 g/mol. The number of H-pyrrole nitrogens is 1. The highest BCUT2D eigenvalue weighted by Gasteiger charge is 2.28. The van der Waals surface area contributed by atoms with E-state index >= 15 is 0 Å². The van der Waals surface area contributed by atoms with Crippen molar-refractivity contribution in [1.29, 1.82) is 0 Å². The minimum atomic E-state index is 0.0446. The van der Waals surface area contributed by atoms with Crippen LogP contribution in [0.2, 0.25) is 0 Å². The van der Waals surface area contributed by atoms with E-state index in [2.05, 4.69) is 33.7 Å². The maximum absolute atomic E-state index is 12.9. The van der Waals surface area contributed by atoms with Gasteiger partial charge in [0.15, 0.2) is 0 Å². The molecule has 1 atom stereocenters. The third-order valence-electron chi connectivity index (χ3n) is 4.43. The van der Waals surface area contributed by atoms with Crippen LogP contribution in [-0.2, 0) is 6.54 Å². The Bertz CT molecular complexity index is 859. The zero-order chi connectivity index (χ0) is 16.0. The zero-order valence-electron chi connectivity index (χ0n) is 13.1. The first-order valence-electron chi connectivity index (χ1n) is 7.70. The van der Waals surface area contributed by atoms with Gasteiger partial charge in [-0.3, -0.25) is 4.79 Å². The van der Waals surface area contributed by atoms with E-state index in [4.69, 9.17) is 0 Å². The van der Waals surface area contributed by atoms with E-state index in [1.807, 2.05) is 35.5 Å². The first-order chi connectivity index (χ1) is 11.1. The van der Waals surface area contributed by atoms with E-state index < -0.39 is 0 Å². The van der Waals surface area contributed by atoms with Gasteiger partial charge in [0.05, 0.1) is 16.7 Å². The Labute approximate surface area is 138 Å². The molecule has 1 amide bonds. The minimum Gasteiger partial charge on any atom is -0.357 e. The summed E-state index contributed by atoms with van der Waals surface area (Å²) in [5.41, 5.74) is 3.69. The summed E-state index contributed by atoms with van der Waals surface area (Å²) >= 11 is 1.62. The molecule has 0 aliphatic carbocycles. The van der Waals surface area contributed by atoms with Crippen molar-refractivity contribution in [3.8, 4) is 11.3 Å². The van der Waals surface area contributed by atoms with Crippen molar-refractivity contribution in [2.24, 2.45) is 0 Å². The molecule has 23 heavy (non-hydrogen) atoms. The smallest absolute Gasteiger partial charge is 0.270 e. The third kappa shape index (κ3) is 2.39. The predicted molar refractivity (Wildman–Crippen MR) is 90.5 cm³/mol. The van der Waals surface area contributed by atoms with E-state index in [9.17, 15) is 4.79 Å². The number of hydrogen-bond acceptors (Lipinski definition) is 3. The molecule has 6 heteroatoms. The van der Waals surface area contributed by atoms with Crippen molar-refractivity contribution in [3.05, 3.63) is 52.4 Å². The average Bonchev–Trinajstić information content (AvgIpc) is 3.26. The fraction of sp³-hybridized carbons (Fsp3) is 0.294. The van der Waals surface area contributed by atoms with Crippen LogP contribution in [0.3, 0.4) is 0 Å². The summed E-state index contributed by atoms with van der Waals surface area (Å²) in [6.07, 6.45) is 3.93. The van der Waals surface area contributed by atoms with Gasteiger partial charge in [-0.2, -0.15) is 0 Å². The molecule has 4 heterocycles. The molecule has 4 rings (SSSR count). The lowest BCUT2D eigenvalue weighted by molar-refractivity contribution is 0.0638. The van der Waals surface area contributed by atoms with E-state index in [1.165, 1.54) is 5.69 Å². The number of nitrogens with zero attached hydrogens (tertiary/aromatic N) is 3. The largest absolute Gasteiger partial charge is 0.357 e. The summed E-state index contributed by atoms with van der Waals surface area (Å²) in [5, 5.41) is 3.04. The summed E-state index contributed by atoms with van der Waals surface area (Å²) < 4.78 is 2.21. The molecule has 1 N–H and O–H groups in total. The fourth-order valence-corrected chi connectivity index (χ4v) is 3.79. The van der Waals surface area contributed by atoms with Crippen LogP contribution in [0.4, 0.5) is 0 Å². The number of thiazole rings is 1. The number of aryl methyl sites for hydroxylation is 1. The number of rotatable bonds is 2. The van der Waals surface area contributed by atoms with Gasteiger partial charge in [0.2, 0.25) is 0 Å². The first-order valence-corrected chi connectivity index (χ1v) is 8.58. The maximum atomic E-state index is 12.9. The van der Waals surface area contributed by atoms with Gasteiger partial charge in [0, 0.05) is 42.1 Å². The van der Waals surface area contributed by atoms with Crippen LogP contribution >= 0.6 is 11.3 Å². The fourth-order valence-electron chi connectivity index (χ4n) is 3.17. The van der Waals surface area contributed by atoms with Crippen molar-refractivity contribution < 1.29 is 4.79 Å². The zero-order valence-corrected chi connectivity index (χ0v) is 13.9. The second-order valence-electron chi connectivity index (χ2n) is 5.85. The van der Waals surface area contributed by atoms with Gasteiger partial charge in [-0.05, 0) is 32.0 Å². The van der Waals surface area contributed by atoms with Crippen LogP contribution in [-0.4, -0.2) is 31.9 Å². The summed E-state index contributed by atoms with van der Waals surface area (Å²) in [5.74, 6) is 0.0446. The molecule has 0 fully saturated rings. The van der Waals surface area contributed by atoms with Gasteiger partial charge in [-0.1, -0.05) is 0 Å². The van der Waals surface area contributed by atoms with E-state index in [-0.39, 0.29) is 11.9 Å². The maximum Gasteiger partial charge on any atom is 0.270 e. The van der Waals surface area contributed by atoms with Gasteiger partial charge in [-0.15, -0.1) is 11.3 Å². The molecule has 1 aliphatic heterocycles. The van der Waals surface area contributed by atoms with E-state index in [0.717, 1.165) is 29.4 Å². The van der Waals surface area contributed by atoms with Gasteiger partial charge >= 0.3 is 0 Å². The van der Waals surface area contributed by atoms with Gasteiger partial charge in [0.1, 0.15) is 5.69 Å². The SMILES string of the molecule is Cc1nc(-c2c[nH]c(C(=O)N3CCn4cccc4[C@@H]3C)c2)cs1. The monoisotopic (exact) mass is 326 g/mol. The molecule has 5 nitrogen and oxygen atoms in total. The highest BCUT2D eigenvalue weighted by molar-refractivity contribution is 7.09. The Morgan fingerprint density at radius 3 is 3.09 bits per heavy atom. The molecule has 0 aromatic carbocycles. The number of carbonyl (C=O) groups excluding carboxylic acids is 1. The van der Waals surface area contributed by atoms with Crippen molar-refractivity contribution in [2.45, 2.75) is 26.4 Å². The second kappa shape index (κ2) is 5.38. The Morgan fingerprint density at radius 2 is 2.30 bits per heavy atom. The third-order valence-corrected chi connectivity index (χ3v) is 5.20. The van der Waals surface area contributed by atoms with Crippen molar-refractivity contribution >= 4 is 17.2 Å². The van der Waals surface area contributed by atoms with Crippen molar-refractivity contribution in [1.82, 2.24) is 19.4 Å². The summed E-state index contributed by atoms with van der Waals surface area (Å²) in [7, 11) is 0. The van der Waals surface area contributed by atoms with Crippen molar-refractivity contribution in [3.63, 3.8) is 0 Å². The normalized spacial score (nSPS) is 17.3. The lowest BCUT2D eigenvalue weighted by Crippen LogP contribution is -2.40. The standard InChI is InChI=1S/C17H18N4OS/c1-11-16-4-3-5-20(16)6-7-21(11)17(22)14-8-13(9-18-14)15-10-23-12(2)19-15/h3-5,8-11,18H,6-7H2,1-2H3/t11-/m0/s1. The van der Waals surface area contributed by atoms with Crippen LogP contribution in [0.15, 0.2) is 36.0 Å². The van der Waals surface area contributed by atoms with Crippen LogP contribution in [0, 0.1) is 6.92 Å². The van der Waals surface area contributed by atoms with Crippen LogP contribution in [0.25, 0.3) is 11.3 Å². The van der Waals surface area contributed by atoms with Gasteiger partial charge < -0.3 is 14.5 Å². The lowest BCUT2D eigenvalue weighted by Gasteiger charge is -2.34. The van der Waals surface area contributed by atoms with Crippen LogP contribution < -0.4 is 0 Å². The predicted octanol–water partition coefficient (Wildman–Crippen LogP) is 3.47. The molecule has 0 unspecified atom stereocenters. The molecule has 0 saturated carbocycles. The quantitative estimate of drug-likeness (QED) is 0.784. The number of aromatic nitrogens is 3. The van der Waals surface area contributed by atoms with Gasteiger partial charge in [-0.25, -0.2) is 4.98 Å². The highest BCUT2D eigenvalue weighted by Crippen LogP contribution is 2.28. The van der Waals surface area contributed by atoms with Crippen LogP contribution in [0.5, 0.6) is 0 Å². The number of carbonyl (C=O) groups is 1. The number of hydrogen-bond donors (Lipinski definition) is 1. The molecular weight excluding hydrogens is 308 g/mol. The number of fused-ring (bicyclic) bond motifs is 1. The van der Waals surface area contributed by atoms with E-state index in [1.54, 1.807) is 11.3 Å². The number of aromatic amines is 1. The molecule has 0 bridgehead atoms. The Morgan fingerprint density at radius 1 is 1.43 bits per heavy atom. The molecule has 3 aromatic rings. The Kier molecular flexibility index (Phi) is 3.34. The minimum absolute atomic E-state index is 0.0446. The molecular formula is C17H18N4OS. The van der Waals surface area contributed by atoms with Crippen molar-refractivity contribution in [2.75, 3.05) is 6.54 Å².